The van der Waals surface area contributed by atoms with E-state index in [1.807, 2.05) is 53.9 Å². The standard InChI is InChI=1S/C23H19N3OS2/c24-13-7-15-28-23-25-21-20(19(16-29-21)18-10-5-2-6-11-18)22(27)26(23)14-12-17-8-3-1-4-9-17/h1-6,8-11,16H,7,12,14-15H2. The van der Waals surface area contributed by atoms with Crippen LogP contribution in [0.15, 0.2) is 76.0 Å². The van der Waals surface area contributed by atoms with E-state index in [0.717, 1.165) is 22.4 Å². The summed E-state index contributed by atoms with van der Waals surface area (Å²) in [7, 11) is 0. The Hall–Kier alpha value is -2.88. The van der Waals surface area contributed by atoms with Crippen LogP contribution in [0.4, 0.5) is 0 Å². The second-order valence-electron chi connectivity index (χ2n) is 6.54. The van der Waals surface area contributed by atoms with Gasteiger partial charge in [-0.05, 0) is 17.5 Å². The summed E-state index contributed by atoms with van der Waals surface area (Å²) < 4.78 is 1.77. The molecule has 144 valence electrons. The van der Waals surface area contributed by atoms with Crippen molar-refractivity contribution in [3.05, 3.63) is 82.0 Å². The highest BCUT2D eigenvalue weighted by molar-refractivity contribution is 7.99. The van der Waals surface area contributed by atoms with Gasteiger partial charge < -0.3 is 0 Å². The zero-order valence-electron chi connectivity index (χ0n) is 15.7. The summed E-state index contributed by atoms with van der Waals surface area (Å²) in [6.07, 6.45) is 1.18. The number of rotatable bonds is 7. The zero-order valence-corrected chi connectivity index (χ0v) is 17.4. The van der Waals surface area contributed by atoms with Gasteiger partial charge in [-0.2, -0.15) is 5.26 Å². The summed E-state index contributed by atoms with van der Waals surface area (Å²) in [6, 6.07) is 22.3. The fourth-order valence-electron chi connectivity index (χ4n) is 3.22. The van der Waals surface area contributed by atoms with Gasteiger partial charge >= 0.3 is 0 Å². The molecule has 4 nitrogen and oxygen atoms in total. The van der Waals surface area contributed by atoms with Crippen molar-refractivity contribution in [2.75, 3.05) is 5.75 Å². The summed E-state index contributed by atoms with van der Waals surface area (Å²) >= 11 is 2.97. The normalized spacial score (nSPS) is 10.9. The Labute approximate surface area is 177 Å². The average Bonchev–Trinajstić information content (AvgIpc) is 3.19. The lowest BCUT2D eigenvalue weighted by Gasteiger charge is -2.12. The minimum atomic E-state index is -0.00880. The van der Waals surface area contributed by atoms with Gasteiger partial charge in [-0.15, -0.1) is 11.3 Å². The van der Waals surface area contributed by atoms with E-state index in [4.69, 9.17) is 10.2 Å². The van der Waals surface area contributed by atoms with E-state index in [-0.39, 0.29) is 5.56 Å². The maximum Gasteiger partial charge on any atom is 0.263 e. The van der Waals surface area contributed by atoms with Gasteiger partial charge in [0.05, 0.1) is 11.5 Å². The van der Waals surface area contributed by atoms with Crippen molar-refractivity contribution in [3.63, 3.8) is 0 Å². The first-order valence-electron chi connectivity index (χ1n) is 9.39. The van der Waals surface area contributed by atoms with Crippen LogP contribution in [0, 0.1) is 11.3 Å². The van der Waals surface area contributed by atoms with Crippen molar-refractivity contribution in [2.24, 2.45) is 0 Å². The van der Waals surface area contributed by atoms with Crippen LogP contribution in [0.2, 0.25) is 0 Å². The number of thiophene rings is 1. The van der Waals surface area contributed by atoms with Crippen molar-refractivity contribution in [1.82, 2.24) is 9.55 Å². The molecule has 0 N–H and O–H groups in total. The Morgan fingerprint density at radius 2 is 1.79 bits per heavy atom. The minimum absolute atomic E-state index is 0.00880. The molecule has 0 aliphatic rings. The second-order valence-corrected chi connectivity index (χ2v) is 8.46. The summed E-state index contributed by atoms with van der Waals surface area (Å²) in [6.45, 7) is 0.560. The number of thioether (sulfide) groups is 1. The predicted octanol–water partition coefficient (Wildman–Crippen LogP) is 5.37. The molecule has 0 saturated carbocycles. The molecule has 2 heterocycles. The molecular weight excluding hydrogens is 398 g/mol. The quantitative estimate of drug-likeness (QED) is 0.230. The highest BCUT2D eigenvalue weighted by Gasteiger charge is 2.17. The third-order valence-corrected chi connectivity index (χ3v) is 6.51. The molecule has 0 saturated heterocycles. The Kier molecular flexibility index (Phi) is 6.09. The SMILES string of the molecule is N#CCCSc1nc2scc(-c3ccccc3)c2c(=O)n1CCc1ccccc1. The molecule has 0 atom stereocenters. The maximum absolute atomic E-state index is 13.5. The summed E-state index contributed by atoms with van der Waals surface area (Å²) in [5, 5.41) is 12.3. The van der Waals surface area contributed by atoms with Gasteiger partial charge in [-0.25, -0.2) is 4.98 Å². The average molecular weight is 418 g/mol. The number of nitrogens with zero attached hydrogens (tertiary/aromatic N) is 3. The molecule has 29 heavy (non-hydrogen) atoms. The van der Waals surface area contributed by atoms with Gasteiger partial charge in [0, 0.05) is 29.7 Å². The number of hydrogen-bond acceptors (Lipinski definition) is 5. The van der Waals surface area contributed by atoms with Crippen LogP contribution >= 0.6 is 23.1 Å². The molecule has 4 rings (SSSR count). The Morgan fingerprint density at radius 1 is 1.07 bits per heavy atom. The summed E-state index contributed by atoms with van der Waals surface area (Å²) in [5.41, 5.74) is 3.13. The van der Waals surface area contributed by atoms with Crippen LogP contribution in [-0.2, 0) is 13.0 Å². The van der Waals surface area contributed by atoms with E-state index < -0.39 is 0 Å². The first-order chi connectivity index (χ1) is 14.3. The van der Waals surface area contributed by atoms with Crippen molar-refractivity contribution < 1.29 is 0 Å². The van der Waals surface area contributed by atoms with Gasteiger partial charge in [-0.3, -0.25) is 9.36 Å². The van der Waals surface area contributed by atoms with E-state index in [9.17, 15) is 4.79 Å². The predicted molar refractivity (Wildman–Crippen MR) is 120 cm³/mol. The van der Waals surface area contributed by atoms with Gasteiger partial charge in [-0.1, -0.05) is 72.4 Å². The molecule has 0 fully saturated rings. The number of aromatic nitrogens is 2. The van der Waals surface area contributed by atoms with Crippen molar-refractivity contribution in [3.8, 4) is 17.2 Å². The fourth-order valence-corrected chi connectivity index (χ4v) is 5.07. The van der Waals surface area contributed by atoms with E-state index in [2.05, 4.69) is 18.2 Å². The molecule has 0 bridgehead atoms. The summed E-state index contributed by atoms with van der Waals surface area (Å²) in [4.78, 5) is 19.1. The van der Waals surface area contributed by atoms with Crippen molar-refractivity contribution in [2.45, 2.75) is 24.5 Å². The molecule has 6 heteroatoms. The lowest BCUT2D eigenvalue weighted by Crippen LogP contribution is -2.24. The zero-order chi connectivity index (χ0) is 20.1. The van der Waals surface area contributed by atoms with Crippen LogP contribution in [0.1, 0.15) is 12.0 Å². The monoisotopic (exact) mass is 417 g/mol. The molecule has 0 amide bonds. The summed E-state index contributed by atoms with van der Waals surface area (Å²) in [5.74, 6) is 0.622. The number of aryl methyl sites for hydroxylation is 1. The number of hydrogen-bond donors (Lipinski definition) is 0. The molecule has 2 aromatic heterocycles. The third kappa shape index (κ3) is 4.26. The Bertz CT molecular complexity index is 1210. The highest BCUT2D eigenvalue weighted by Crippen LogP contribution is 2.32. The van der Waals surface area contributed by atoms with E-state index in [1.165, 1.54) is 28.7 Å². The lowest BCUT2D eigenvalue weighted by atomic mass is 10.1. The second kappa shape index (κ2) is 9.08. The minimum Gasteiger partial charge on any atom is -0.287 e. The molecule has 0 aliphatic carbocycles. The van der Waals surface area contributed by atoms with Crippen LogP contribution in [0.5, 0.6) is 0 Å². The number of nitriles is 1. The number of benzene rings is 2. The largest absolute Gasteiger partial charge is 0.287 e. The van der Waals surface area contributed by atoms with Gasteiger partial charge in [0.2, 0.25) is 0 Å². The maximum atomic E-state index is 13.5. The number of fused-ring (bicyclic) bond motifs is 1. The molecule has 0 radical (unpaired) electrons. The van der Waals surface area contributed by atoms with Crippen LogP contribution < -0.4 is 5.56 Å². The third-order valence-electron chi connectivity index (χ3n) is 4.66. The van der Waals surface area contributed by atoms with Gasteiger partial charge in [0.15, 0.2) is 5.16 Å². The topological polar surface area (TPSA) is 58.7 Å². The lowest BCUT2D eigenvalue weighted by molar-refractivity contribution is 0.596. The van der Waals surface area contributed by atoms with Crippen molar-refractivity contribution >= 4 is 33.3 Å². The highest BCUT2D eigenvalue weighted by atomic mass is 32.2. The van der Waals surface area contributed by atoms with Gasteiger partial charge in [0.25, 0.3) is 5.56 Å². The van der Waals surface area contributed by atoms with E-state index >= 15 is 0 Å². The van der Waals surface area contributed by atoms with Gasteiger partial charge in [0.1, 0.15) is 4.83 Å². The first-order valence-corrected chi connectivity index (χ1v) is 11.3. The van der Waals surface area contributed by atoms with Crippen molar-refractivity contribution in [1.29, 1.82) is 5.26 Å². The smallest absolute Gasteiger partial charge is 0.263 e. The Balaban J connectivity index is 1.78. The molecule has 0 unspecified atom stereocenters. The van der Waals surface area contributed by atoms with Crippen LogP contribution in [0.3, 0.4) is 0 Å². The molecule has 4 aromatic rings. The molecular formula is C23H19N3OS2. The first kappa shape index (κ1) is 19.4. The molecule has 0 aliphatic heterocycles. The molecule has 2 aromatic carbocycles. The van der Waals surface area contributed by atoms with Crippen LogP contribution in [-0.4, -0.2) is 15.3 Å². The van der Waals surface area contributed by atoms with E-state index in [1.54, 1.807) is 4.57 Å². The fraction of sp³-hybridized carbons (Fsp3) is 0.174. The Morgan fingerprint density at radius 3 is 2.52 bits per heavy atom. The van der Waals surface area contributed by atoms with Crippen LogP contribution in [0.25, 0.3) is 21.3 Å². The molecule has 0 spiro atoms. The van der Waals surface area contributed by atoms with E-state index in [0.29, 0.717) is 29.3 Å².